The fraction of sp³-hybridized carbons (Fsp3) is 0.429. The van der Waals surface area contributed by atoms with Gasteiger partial charge in [0.2, 0.25) is 0 Å². The van der Waals surface area contributed by atoms with Crippen molar-refractivity contribution in [2.24, 2.45) is 0 Å². The molecule has 1 atom stereocenters. The van der Waals surface area contributed by atoms with Gasteiger partial charge in [-0.05, 0) is 31.0 Å². The number of carbonyl (C=O) groups is 2. The Morgan fingerprint density at radius 3 is 2.90 bits per heavy atom. The van der Waals surface area contributed by atoms with Crippen molar-refractivity contribution in [1.82, 2.24) is 0 Å². The van der Waals surface area contributed by atoms with Crippen LogP contribution < -0.4 is 9.64 Å². The maximum Gasteiger partial charge on any atom is 0.303 e. The second-order valence-corrected chi connectivity index (χ2v) is 4.60. The zero-order valence-corrected chi connectivity index (χ0v) is 11.2. The molecule has 1 aliphatic heterocycles. The van der Waals surface area contributed by atoms with E-state index < -0.39 is 12.1 Å². The molecule has 20 heavy (non-hydrogen) atoms. The summed E-state index contributed by atoms with van der Waals surface area (Å²) in [5, 5.41) is 18.6. The van der Waals surface area contributed by atoms with E-state index in [9.17, 15) is 14.7 Å². The van der Waals surface area contributed by atoms with Crippen molar-refractivity contribution in [3.05, 3.63) is 23.8 Å². The second-order valence-electron chi connectivity index (χ2n) is 4.60. The monoisotopic (exact) mass is 279 g/mol. The van der Waals surface area contributed by atoms with Gasteiger partial charge in [0.1, 0.15) is 5.75 Å². The quantitative estimate of drug-likeness (QED) is 0.849. The van der Waals surface area contributed by atoms with E-state index in [1.807, 2.05) is 6.92 Å². The van der Waals surface area contributed by atoms with Crippen molar-refractivity contribution in [3.63, 3.8) is 0 Å². The summed E-state index contributed by atoms with van der Waals surface area (Å²) in [5.41, 5.74) is 1.21. The van der Waals surface area contributed by atoms with E-state index in [1.54, 1.807) is 23.1 Å². The number of aliphatic hydroxyl groups is 1. The highest BCUT2D eigenvalue weighted by Crippen LogP contribution is 2.35. The Hall–Kier alpha value is -2.08. The molecule has 0 saturated carbocycles. The Bertz CT molecular complexity index is 528. The Morgan fingerprint density at radius 2 is 2.25 bits per heavy atom. The summed E-state index contributed by atoms with van der Waals surface area (Å²) in [6, 6.07) is 5.07. The van der Waals surface area contributed by atoms with Crippen molar-refractivity contribution >= 4 is 17.6 Å². The summed E-state index contributed by atoms with van der Waals surface area (Å²) in [7, 11) is 0. The number of aliphatic carboxylic acids is 1. The molecule has 0 aliphatic carbocycles. The maximum atomic E-state index is 11.7. The Labute approximate surface area is 116 Å². The molecule has 6 nitrogen and oxygen atoms in total. The average molecular weight is 279 g/mol. The molecule has 0 fully saturated rings. The van der Waals surface area contributed by atoms with Gasteiger partial charge in [0.05, 0.1) is 11.8 Å². The first-order valence-corrected chi connectivity index (χ1v) is 6.50. The summed E-state index contributed by atoms with van der Waals surface area (Å²) in [4.78, 5) is 23.9. The molecule has 1 heterocycles. The van der Waals surface area contributed by atoms with Crippen LogP contribution in [-0.4, -0.2) is 35.2 Å². The molecule has 1 aliphatic rings. The van der Waals surface area contributed by atoms with E-state index in [2.05, 4.69) is 0 Å². The number of aliphatic hydroxyl groups excluding tert-OH is 1. The van der Waals surface area contributed by atoms with Crippen LogP contribution in [0.15, 0.2) is 18.2 Å². The number of nitrogens with zero attached hydrogens (tertiary/aromatic N) is 1. The van der Waals surface area contributed by atoms with Gasteiger partial charge in [-0.1, -0.05) is 6.07 Å². The number of benzene rings is 1. The fourth-order valence-corrected chi connectivity index (χ4v) is 2.20. The number of fused-ring (bicyclic) bond motifs is 1. The normalized spacial score (nSPS) is 15.5. The number of carboxylic acid groups (broad SMARTS) is 1. The number of carboxylic acids is 1. The van der Waals surface area contributed by atoms with E-state index in [4.69, 9.17) is 9.84 Å². The van der Waals surface area contributed by atoms with Gasteiger partial charge in [0, 0.05) is 13.0 Å². The first-order chi connectivity index (χ1) is 9.52. The van der Waals surface area contributed by atoms with Crippen LogP contribution in [0.2, 0.25) is 0 Å². The molecule has 2 N–H and O–H groups in total. The lowest BCUT2D eigenvalue weighted by Crippen LogP contribution is -2.38. The van der Waals surface area contributed by atoms with E-state index in [-0.39, 0.29) is 25.4 Å². The van der Waals surface area contributed by atoms with E-state index in [1.165, 1.54) is 0 Å². The van der Waals surface area contributed by atoms with Gasteiger partial charge in [-0.2, -0.15) is 0 Å². The number of carbonyl (C=O) groups excluding carboxylic acids is 1. The Kier molecular flexibility index (Phi) is 4.24. The minimum atomic E-state index is -0.948. The van der Waals surface area contributed by atoms with Gasteiger partial charge in [0.25, 0.3) is 5.91 Å². The van der Waals surface area contributed by atoms with Crippen LogP contribution in [0.5, 0.6) is 5.75 Å². The van der Waals surface area contributed by atoms with Crippen molar-refractivity contribution in [2.75, 3.05) is 18.1 Å². The average Bonchev–Trinajstić information content (AvgIpc) is 2.44. The molecule has 0 radical (unpaired) electrons. The van der Waals surface area contributed by atoms with Crippen LogP contribution in [0, 0.1) is 0 Å². The zero-order chi connectivity index (χ0) is 14.7. The van der Waals surface area contributed by atoms with Crippen molar-refractivity contribution < 1.29 is 24.5 Å². The van der Waals surface area contributed by atoms with Gasteiger partial charge < -0.3 is 19.8 Å². The predicted molar refractivity (Wildman–Crippen MR) is 71.8 cm³/mol. The number of likely N-dealkylation sites (N-methyl/N-ethyl adjacent to an activating group) is 1. The molecule has 0 saturated heterocycles. The molecule has 108 valence electrons. The number of rotatable bonds is 5. The zero-order valence-electron chi connectivity index (χ0n) is 11.2. The molecule has 0 aromatic heterocycles. The minimum absolute atomic E-state index is 0.0156. The van der Waals surface area contributed by atoms with Gasteiger partial charge in [-0.25, -0.2) is 0 Å². The summed E-state index contributed by atoms with van der Waals surface area (Å²) in [6.45, 7) is 2.39. The standard InChI is InChI=1S/C14H17NO5/c1-2-15-10-7-9(11(16)4-6-14(18)19)3-5-12(10)20-8-13(15)17/h3,5,7,11,16H,2,4,6,8H2,1H3,(H,18,19). The van der Waals surface area contributed by atoms with Crippen molar-refractivity contribution in [1.29, 1.82) is 0 Å². The molecule has 2 rings (SSSR count). The van der Waals surface area contributed by atoms with Crippen LogP contribution >= 0.6 is 0 Å². The molecule has 6 heteroatoms. The molecule has 1 amide bonds. The van der Waals surface area contributed by atoms with Gasteiger partial charge in [-0.15, -0.1) is 0 Å². The molecular weight excluding hydrogens is 262 g/mol. The second kappa shape index (κ2) is 5.92. The van der Waals surface area contributed by atoms with Gasteiger partial charge >= 0.3 is 5.97 Å². The highest BCUT2D eigenvalue weighted by atomic mass is 16.5. The van der Waals surface area contributed by atoms with Crippen molar-refractivity contribution in [2.45, 2.75) is 25.9 Å². The van der Waals surface area contributed by atoms with Gasteiger partial charge in [-0.3, -0.25) is 9.59 Å². The Morgan fingerprint density at radius 1 is 1.50 bits per heavy atom. The summed E-state index contributed by atoms with van der Waals surface area (Å²) in [6.07, 6.45) is -0.840. The van der Waals surface area contributed by atoms with Crippen LogP contribution in [-0.2, 0) is 9.59 Å². The lowest BCUT2D eigenvalue weighted by Gasteiger charge is -2.29. The molecular formula is C14H17NO5. The fourth-order valence-electron chi connectivity index (χ4n) is 2.20. The first kappa shape index (κ1) is 14.3. The first-order valence-electron chi connectivity index (χ1n) is 6.50. The van der Waals surface area contributed by atoms with E-state index in [0.717, 1.165) is 0 Å². The molecule has 0 spiro atoms. The largest absolute Gasteiger partial charge is 0.482 e. The molecule has 1 unspecified atom stereocenters. The lowest BCUT2D eigenvalue weighted by molar-refractivity contribution is -0.137. The number of ether oxygens (including phenoxy) is 1. The topological polar surface area (TPSA) is 87.1 Å². The summed E-state index contributed by atoms with van der Waals surface area (Å²) < 4.78 is 5.33. The third-order valence-corrected chi connectivity index (χ3v) is 3.26. The SMILES string of the molecule is CCN1C(=O)COc2ccc(C(O)CCC(=O)O)cc21. The van der Waals surface area contributed by atoms with Gasteiger partial charge in [0.15, 0.2) is 6.61 Å². The summed E-state index contributed by atoms with van der Waals surface area (Å²) >= 11 is 0. The molecule has 0 bridgehead atoms. The van der Waals surface area contributed by atoms with E-state index in [0.29, 0.717) is 23.5 Å². The van der Waals surface area contributed by atoms with Crippen molar-refractivity contribution in [3.8, 4) is 5.75 Å². The van der Waals surface area contributed by atoms with E-state index >= 15 is 0 Å². The molecule has 1 aromatic carbocycles. The highest BCUT2D eigenvalue weighted by molar-refractivity contribution is 5.97. The number of hydrogen-bond acceptors (Lipinski definition) is 4. The number of anilines is 1. The van der Waals surface area contributed by atoms with Crippen LogP contribution in [0.3, 0.4) is 0 Å². The third-order valence-electron chi connectivity index (χ3n) is 3.26. The molecule has 1 aromatic rings. The summed E-state index contributed by atoms with van der Waals surface area (Å²) in [5.74, 6) is -0.478. The smallest absolute Gasteiger partial charge is 0.303 e. The Balaban J connectivity index is 2.23. The number of amides is 1. The maximum absolute atomic E-state index is 11.7. The highest BCUT2D eigenvalue weighted by Gasteiger charge is 2.25. The minimum Gasteiger partial charge on any atom is -0.482 e. The van der Waals surface area contributed by atoms with Crippen LogP contribution in [0.1, 0.15) is 31.4 Å². The predicted octanol–water partition coefficient (Wildman–Crippen LogP) is 1.33. The lowest BCUT2D eigenvalue weighted by atomic mass is 10.0. The number of hydrogen-bond donors (Lipinski definition) is 2. The third kappa shape index (κ3) is 2.91. The van der Waals surface area contributed by atoms with Crippen LogP contribution in [0.4, 0.5) is 5.69 Å². The van der Waals surface area contributed by atoms with Crippen LogP contribution in [0.25, 0.3) is 0 Å².